The summed E-state index contributed by atoms with van der Waals surface area (Å²) in [5, 5.41) is 6.96. The van der Waals surface area contributed by atoms with Crippen molar-refractivity contribution in [2.75, 3.05) is 32.7 Å². The van der Waals surface area contributed by atoms with Gasteiger partial charge >= 0.3 is 0 Å². The van der Waals surface area contributed by atoms with Gasteiger partial charge in [0.05, 0.1) is 6.26 Å². The Hall–Kier alpha value is -1.49. The molecule has 1 saturated heterocycles. The summed E-state index contributed by atoms with van der Waals surface area (Å²) >= 11 is 0. The fourth-order valence-corrected chi connectivity index (χ4v) is 2.96. The zero-order valence-corrected chi connectivity index (χ0v) is 14.8. The predicted octanol–water partition coefficient (Wildman–Crippen LogP) is 2.50. The Morgan fingerprint density at radius 3 is 3.00 bits per heavy atom. The molecule has 130 valence electrons. The minimum absolute atomic E-state index is 0.567. The maximum absolute atomic E-state index is 5.38. The Kier molecular flexibility index (Phi) is 7.46. The molecule has 1 aliphatic rings. The van der Waals surface area contributed by atoms with Crippen molar-refractivity contribution in [1.82, 2.24) is 15.5 Å². The highest BCUT2D eigenvalue weighted by atomic mass is 16.3. The Morgan fingerprint density at radius 2 is 2.30 bits per heavy atom. The van der Waals surface area contributed by atoms with Crippen LogP contribution in [0.5, 0.6) is 0 Å². The third kappa shape index (κ3) is 6.26. The second-order valence-electron chi connectivity index (χ2n) is 6.64. The lowest BCUT2D eigenvalue weighted by Crippen LogP contribution is -2.45. The van der Waals surface area contributed by atoms with E-state index in [0.717, 1.165) is 44.3 Å². The second-order valence-corrected chi connectivity index (χ2v) is 6.64. The van der Waals surface area contributed by atoms with Crippen LogP contribution in [0.3, 0.4) is 0 Å². The molecule has 5 heteroatoms. The van der Waals surface area contributed by atoms with Crippen LogP contribution < -0.4 is 10.6 Å². The summed E-state index contributed by atoms with van der Waals surface area (Å²) in [4.78, 5) is 7.25. The van der Waals surface area contributed by atoms with Gasteiger partial charge in [0.25, 0.3) is 0 Å². The molecule has 0 aromatic carbocycles. The van der Waals surface area contributed by atoms with Gasteiger partial charge in [-0.3, -0.25) is 9.89 Å². The van der Waals surface area contributed by atoms with Gasteiger partial charge in [0.2, 0.25) is 0 Å². The topological polar surface area (TPSA) is 52.8 Å². The molecule has 2 heterocycles. The van der Waals surface area contributed by atoms with E-state index in [1.807, 2.05) is 12.1 Å². The van der Waals surface area contributed by atoms with Crippen molar-refractivity contribution in [3.8, 4) is 0 Å². The van der Waals surface area contributed by atoms with E-state index < -0.39 is 0 Å². The van der Waals surface area contributed by atoms with Gasteiger partial charge in [-0.2, -0.15) is 0 Å². The largest absolute Gasteiger partial charge is 0.469 e. The SMILES string of the molecule is CCN1CCCC1CNC(=NCC(C)C)NCCc1ccco1. The normalized spacial score (nSPS) is 19.5. The molecule has 0 amide bonds. The first kappa shape index (κ1) is 17.9. The molecule has 0 spiro atoms. The van der Waals surface area contributed by atoms with Gasteiger partial charge in [-0.25, -0.2) is 0 Å². The van der Waals surface area contributed by atoms with E-state index in [1.165, 1.54) is 19.4 Å². The number of hydrogen-bond acceptors (Lipinski definition) is 3. The summed E-state index contributed by atoms with van der Waals surface area (Å²) in [5.41, 5.74) is 0. The summed E-state index contributed by atoms with van der Waals surface area (Å²) in [6.07, 6.45) is 5.19. The number of furan rings is 1. The van der Waals surface area contributed by atoms with Gasteiger partial charge in [0.1, 0.15) is 5.76 Å². The van der Waals surface area contributed by atoms with Crippen molar-refractivity contribution in [3.63, 3.8) is 0 Å². The molecule has 2 N–H and O–H groups in total. The average Bonchev–Trinajstić information content (AvgIpc) is 3.20. The lowest BCUT2D eigenvalue weighted by molar-refractivity contribution is 0.267. The Morgan fingerprint density at radius 1 is 1.43 bits per heavy atom. The zero-order chi connectivity index (χ0) is 16.5. The molecule has 0 saturated carbocycles. The molecule has 0 radical (unpaired) electrons. The summed E-state index contributed by atoms with van der Waals surface area (Å²) < 4.78 is 5.38. The molecule has 1 aliphatic heterocycles. The third-order valence-corrected chi connectivity index (χ3v) is 4.27. The van der Waals surface area contributed by atoms with Crippen LogP contribution in [0.2, 0.25) is 0 Å². The van der Waals surface area contributed by atoms with Crippen LogP contribution in [0.1, 0.15) is 39.4 Å². The number of likely N-dealkylation sites (N-methyl/N-ethyl adjacent to an activating group) is 1. The fraction of sp³-hybridized carbons (Fsp3) is 0.722. The van der Waals surface area contributed by atoms with Crippen LogP contribution in [0.4, 0.5) is 0 Å². The van der Waals surface area contributed by atoms with E-state index >= 15 is 0 Å². The molecular weight excluding hydrogens is 288 g/mol. The predicted molar refractivity (Wildman–Crippen MR) is 95.8 cm³/mol. The number of likely N-dealkylation sites (tertiary alicyclic amines) is 1. The standard InChI is InChI=1S/C18H32N4O/c1-4-22-11-5-7-16(22)14-21-18(20-13-15(2)3)19-10-9-17-8-6-12-23-17/h6,8,12,15-16H,4-5,7,9-11,13-14H2,1-3H3,(H2,19,20,21). The van der Waals surface area contributed by atoms with Gasteiger partial charge in [-0.05, 0) is 44.0 Å². The number of nitrogens with one attached hydrogen (secondary N) is 2. The second kappa shape index (κ2) is 9.60. The van der Waals surface area contributed by atoms with Gasteiger partial charge in [0.15, 0.2) is 5.96 Å². The van der Waals surface area contributed by atoms with Crippen LogP contribution in [-0.2, 0) is 6.42 Å². The Labute approximate surface area is 140 Å². The van der Waals surface area contributed by atoms with Crippen molar-refractivity contribution in [3.05, 3.63) is 24.2 Å². The van der Waals surface area contributed by atoms with E-state index in [-0.39, 0.29) is 0 Å². The summed E-state index contributed by atoms with van der Waals surface area (Å²) in [7, 11) is 0. The Balaban J connectivity index is 1.79. The van der Waals surface area contributed by atoms with E-state index in [4.69, 9.17) is 9.41 Å². The van der Waals surface area contributed by atoms with Crippen LogP contribution in [0.15, 0.2) is 27.8 Å². The first-order chi connectivity index (χ1) is 11.2. The van der Waals surface area contributed by atoms with Gasteiger partial charge in [-0.15, -0.1) is 0 Å². The Bertz CT molecular complexity index is 456. The summed E-state index contributed by atoms with van der Waals surface area (Å²) in [5.74, 6) is 2.50. The van der Waals surface area contributed by atoms with E-state index in [2.05, 4.69) is 36.3 Å². The minimum atomic E-state index is 0.567. The number of nitrogens with zero attached hydrogens (tertiary/aromatic N) is 2. The third-order valence-electron chi connectivity index (χ3n) is 4.27. The smallest absolute Gasteiger partial charge is 0.191 e. The molecule has 1 atom stereocenters. The van der Waals surface area contributed by atoms with Crippen molar-refractivity contribution in [1.29, 1.82) is 0 Å². The van der Waals surface area contributed by atoms with Crippen molar-refractivity contribution in [2.24, 2.45) is 10.9 Å². The van der Waals surface area contributed by atoms with Crippen molar-refractivity contribution in [2.45, 2.75) is 46.1 Å². The van der Waals surface area contributed by atoms with E-state index in [1.54, 1.807) is 6.26 Å². The monoisotopic (exact) mass is 320 g/mol. The average molecular weight is 320 g/mol. The van der Waals surface area contributed by atoms with E-state index in [0.29, 0.717) is 12.0 Å². The highest BCUT2D eigenvalue weighted by Gasteiger charge is 2.22. The molecular formula is C18H32N4O. The number of rotatable bonds is 8. The highest BCUT2D eigenvalue weighted by molar-refractivity contribution is 5.79. The maximum atomic E-state index is 5.38. The molecule has 0 aliphatic carbocycles. The highest BCUT2D eigenvalue weighted by Crippen LogP contribution is 2.15. The van der Waals surface area contributed by atoms with Crippen molar-refractivity contribution >= 4 is 5.96 Å². The minimum Gasteiger partial charge on any atom is -0.469 e. The lowest BCUT2D eigenvalue weighted by atomic mass is 10.2. The zero-order valence-electron chi connectivity index (χ0n) is 14.8. The van der Waals surface area contributed by atoms with Crippen molar-refractivity contribution < 1.29 is 4.42 Å². The number of guanidine groups is 1. The van der Waals surface area contributed by atoms with Crippen LogP contribution in [0, 0.1) is 5.92 Å². The lowest BCUT2D eigenvalue weighted by Gasteiger charge is -2.24. The van der Waals surface area contributed by atoms with Crippen LogP contribution >= 0.6 is 0 Å². The maximum Gasteiger partial charge on any atom is 0.191 e. The molecule has 5 nitrogen and oxygen atoms in total. The molecule has 23 heavy (non-hydrogen) atoms. The van der Waals surface area contributed by atoms with E-state index in [9.17, 15) is 0 Å². The van der Waals surface area contributed by atoms with Crippen LogP contribution in [-0.4, -0.2) is 49.6 Å². The quantitative estimate of drug-likeness (QED) is 0.571. The summed E-state index contributed by atoms with van der Waals surface area (Å²) in [6, 6.07) is 4.58. The fourth-order valence-electron chi connectivity index (χ4n) is 2.96. The molecule has 2 rings (SSSR count). The van der Waals surface area contributed by atoms with Crippen LogP contribution in [0.25, 0.3) is 0 Å². The number of hydrogen-bond donors (Lipinski definition) is 2. The molecule has 1 aromatic rings. The molecule has 0 bridgehead atoms. The summed E-state index contributed by atoms with van der Waals surface area (Å²) in [6.45, 7) is 11.6. The molecule has 1 fully saturated rings. The first-order valence-electron chi connectivity index (χ1n) is 8.97. The van der Waals surface area contributed by atoms with Gasteiger partial charge in [0, 0.05) is 32.1 Å². The molecule has 1 aromatic heterocycles. The van der Waals surface area contributed by atoms with Gasteiger partial charge in [-0.1, -0.05) is 20.8 Å². The number of aliphatic imine (C=N–C) groups is 1. The first-order valence-corrected chi connectivity index (χ1v) is 8.97. The molecule has 1 unspecified atom stereocenters. The van der Waals surface area contributed by atoms with Gasteiger partial charge < -0.3 is 15.1 Å².